The van der Waals surface area contributed by atoms with Crippen molar-refractivity contribution in [1.82, 2.24) is 0 Å². The molecule has 0 aliphatic carbocycles. The van der Waals surface area contributed by atoms with E-state index in [2.05, 4.69) is 17.0 Å². The fourth-order valence-electron chi connectivity index (χ4n) is 2.68. The summed E-state index contributed by atoms with van der Waals surface area (Å²) in [4.78, 5) is 2.33. The van der Waals surface area contributed by atoms with Crippen molar-refractivity contribution in [3.05, 3.63) is 52.5 Å². The van der Waals surface area contributed by atoms with E-state index in [0.29, 0.717) is 6.61 Å². The molecule has 1 heterocycles. The van der Waals surface area contributed by atoms with Crippen LogP contribution < -0.4 is 15.4 Å². The molecule has 3 nitrogen and oxygen atoms in total. The van der Waals surface area contributed by atoms with Crippen LogP contribution in [0.5, 0.6) is 5.75 Å². The van der Waals surface area contributed by atoms with Crippen LogP contribution >= 0.6 is 11.6 Å². The van der Waals surface area contributed by atoms with Gasteiger partial charge in [-0.3, -0.25) is 0 Å². The first-order chi connectivity index (χ1) is 10.1. The summed E-state index contributed by atoms with van der Waals surface area (Å²) in [5.41, 5.74) is 10.3. The zero-order valence-electron chi connectivity index (χ0n) is 12.1. The van der Waals surface area contributed by atoms with E-state index in [1.54, 1.807) is 0 Å². The van der Waals surface area contributed by atoms with Gasteiger partial charge in [-0.2, -0.15) is 0 Å². The molecule has 1 aliphatic rings. The average Bonchev–Trinajstić information content (AvgIpc) is 2.85. The highest BCUT2D eigenvalue weighted by Crippen LogP contribution is 2.29. The van der Waals surface area contributed by atoms with Gasteiger partial charge in [-0.1, -0.05) is 17.7 Å². The van der Waals surface area contributed by atoms with Crippen LogP contribution in [0, 0.1) is 6.92 Å². The van der Waals surface area contributed by atoms with Gasteiger partial charge in [-0.15, -0.1) is 0 Å². The van der Waals surface area contributed by atoms with Gasteiger partial charge < -0.3 is 15.4 Å². The largest absolute Gasteiger partial charge is 0.492 e. The van der Waals surface area contributed by atoms with Crippen LogP contribution in [0.4, 0.5) is 11.4 Å². The van der Waals surface area contributed by atoms with Crippen molar-refractivity contribution in [1.29, 1.82) is 0 Å². The summed E-state index contributed by atoms with van der Waals surface area (Å²) in [6.45, 7) is 4.52. The average molecular weight is 303 g/mol. The third-order valence-corrected chi connectivity index (χ3v) is 4.28. The molecule has 0 fully saturated rings. The van der Waals surface area contributed by atoms with Gasteiger partial charge in [0.25, 0.3) is 0 Å². The molecule has 0 bridgehead atoms. The minimum Gasteiger partial charge on any atom is -0.492 e. The highest BCUT2D eigenvalue weighted by atomic mass is 35.5. The number of nitrogens with zero attached hydrogens (tertiary/aromatic N) is 1. The fraction of sp³-hybridized carbons (Fsp3) is 0.294. The highest BCUT2D eigenvalue weighted by molar-refractivity contribution is 6.31. The van der Waals surface area contributed by atoms with Crippen molar-refractivity contribution in [3.8, 4) is 5.75 Å². The molecule has 0 saturated heterocycles. The van der Waals surface area contributed by atoms with Crippen molar-refractivity contribution in [2.24, 2.45) is 0 Å². The highest BCUT2D eigenvalue weighted by Gasteiger charge is 2.18. The molecule has 0 atom stereocenters. The zero-order valence-corrected chi connectivity index (χ0v) is 12.9. The Labute approximate surface area is 130 Å². The lowest BCUT2D eigenvalue weighted by molar-refractivity contribution is 0.324. The lowest BCUT2D eigenvalue weighted by Gasteiger charge is -2.20. The lowest BCUT2D eigenvalue weighted by atomic mass is 10.1. The number of rotatable bonds is 4. The number of fused-ring (bicyclic) bond motifs is 1. The predicted molar refractivity (Wildman–Crippen MR) is 88.5 cm³/mol. The van der Waals surface area contributed by atoms with E-state index in [1.807, 2.05) is 31.2 Å². The summed E-state index contributed by atoms with van der Waals surface area (Å²) in [6, 6.07) is 11.9. The first-order valence-corrected chi connectivity index (χ1v) is 7.53. The zero-order chi connectivity index (χ0) is 14.8. The third kappa shape index (κ3) is 3.08. The lowest BCUT2D eigenvalue weighted by Crippen LogP contribution is -2.26. The minimum absolute atomic E-state index is 0.648. The quantitative estimate of drug-likeness (QED) is 0.876. The van der Waals surface area contributed by atoms with Crippen LogP contribution in [-0.2, 0) is 6.42 Å². The van der Waals surface area contributed by atoms with Crippen molar-refractivity contribution >= 4 is 23.0 Å². The number of hydrogen-bond acceptors (Lipinski definition) is 3. The number of nitrogen functional groups attached to an aromatic ring is 1. The van der Waals surface area contributed by atoms with Crippen LogP contribution in [0.25, 0.3) is 0 Å². The van der Waals surface area contributed by atoms with Crippen molar-refractivity contribution in [2.75, 3.05) is 30.3 Å². The fourth-order valence-corrected chi connectivity index (χ4v) is 2.79. The summed E-state index contributed by atoms with van der Waals surface area (Å²) in [7, 11) is 0. The molecule has 2 aromatic carbocycles. The van der Waals surface area contributed by atoms with Gasteiger partial charge in [0.2, 0.25) is 0 Å². The number of nitrogens with two attached hydrogens (primary N) is 1. The Morgan fingerprint density at radius 3 is 2.90 bits per heavy atom. The Morgan fingerprint density at radius 2 is 2.10 bits per heavy atom. The van der Waals surface area contributed by atoms with Crippen LogP contribution in [0.3, 0.4) is 0 Å². The Balaban J connectivity index is 1.60. The predicted octanol–water partition coefficient (Wildman–Crippen LogP) is 3.67. The second-order valence-electron chi connectivity index (χ2n) is 5.38. The molecule has 2 N–H and O–H groups in total. The molecule has 0 amide bonds. The molecule has 3 rings (SSSR count). The maximum atomic E-state index is 6.01. The van der Waals surface area contributed by atoms with Crippen LogP contribution in [-0.4, -0.2) is 19.7 Å². The molecular formula is C17H19ClN2O. The number of ether oxygens (including phenoxy) is 1. The first-order valence-electron chi connectivity index (χ1n) is 7.16. The second kappa shape index (κ2) is 5.86. The summed E-state index contributed by atoms with van der Waals surface area (Å²) >= 11 is 6.01. The van der Waals surface area contributed by atoms with E-state index in [-0.39, 0.29) is 0 Å². The van der Waals surface area contributed by atoms with Gasteiger partial charge in [0.1, 0.15) is 12.4 Å². The van der Waals surface area contributed by atoms with Gasteiger partial charge in [0.05, 0.1) is 6.54 Å². The van der Waals surface area contributed by atoms with Crippen molar-refractivity contribution in [3.63, 3.8) is 0 Å². The van der Waals surface area contributed by atoms with E-state index in [4.69, 9.17) is 22.1 Å². The molecule has 0 unspecified atom stereocenters. The normalized spacial score (nSPS) is 13.3. The summed E-state index contributed by atoms with van der Waals surface area (Å²) in [5.74, 6) is 0.865. The number of anilines is 2. The number of halogens is 1. The van der Waals surface area contributed by atoms with E-state index < -0.39 is 0 Å². The van der Waals surface area contributed by atoms with Crippen LogP contribution in [0.2, 0.25) is 5.02 Å². The minimum atomic E-state index is 0.648. The molecule has 0 spiro atoms. The van der Waals surface area contributed by atoms with Gasteiger partial charge in [-0.05, 0) is 54.8 Å². The van der Waals surface area contributed by atoms with E-state index in [0.717, 1.165) is 41.5 Å². The van der Waals surface area contributed by atoms with Crippen LogP contribution in [0.15, 0.2) is 36.4 Å². The second-order valence-corrected chi connectivity index (χ2v) is 5.79. The molecule has 0 aromatic heterocycles. The Kier molecular flexibility index (Phi) is 3.93. The molecule has 0 radical (unpaired) electrons. The SMILES string of the molecule is Cc1cc(OCCN2CCc3ccc(N)cc32)ccc1Cl. The van der Waals surface area contributed by atoms with E-state index in [1.165, 1.54) is 11.3 Å². The summed E-state index contributed by atoms with van der Waals surface area (Å²) in [6.07, 6.45) is 1.08. The molecule has 1 aliphatic heterocycles. The Morgan fingerprint density at radius 1 is 1.24 bits per heavy atom. The Bertz CT molecular complexity index is 657. The monoisotopic (exact) mass is 302 g/mol. The van der Waals surface area contributed by atoms with Gasteiger partial charge in [0.15, 0.2) is 0 Å². The molecule has 4 heteroatoms. The number of hydrogen-bond donors (Lipinski definition) is 1. The van der Waals surface area contributed by atoms with Gasteiger partial charge in [-0.25, -0.2) is 0 Å². The molecule has 0 saturated carbocycles. The van der Waals surface area contributed by atoms with Crippen LogP contribution in [0.1, 0.15) is 11.1 Å². The summed E-state index contributed by atoms with van der Waals surface area (Å²) in [5, 5.41) is 0.770. The molecule has 2 aromatic rings. The van der Waals surface area contributed by atoms with Crippen molar-refractivity contribution in [2.45, 2.75) is 13.3 Å². The molecule has 21 heavy (non-hydrogen) atoms. The smallest absolute Gasteiger partial charge is 0.119 e. The van der Waals surface area contributed by atoms with E-state index >= 15 is 0 Å². The number of benzene rings is 2. The molecular weight excluding hydrogens is 284 g/mol. The van der Waals surface area contributed by atoms with Crippen molar-refractivity contribution < 1.29 is 4.74 Å². The topological polar surface area (TPSA) is 38.5 Å². The standard InChI is InChI=1S/C17H19ClN2O/c1-12-10-15(4-5-16(12)18)21-9-8-20-7-6-13-2-3-14(19)11-17(13)20/h2-5,10-11H,6-9,19H2,1H3. The van der Waals surface area contributed by atoms with Gasteiger partial charge in [0, 0.05) is 22.9 Å². The third-order valence-electron chi connectivity index (χ3n) is 3.86. The van der Waals surface area contributed by atoms with E-state index in [9.17, 15) is 0 Å². The molecule has 110 valence electrons. The maximum Gasteiger partial charge on any atom is 0.119 e. The van der Waals surface area contributed by atoms with Gasteiger partial charge >= 0.3 is 0 Å². The first kappa shape index (κ1) is 14.1. The Hall–Kier alpha value is -1.87. The number of aryl methyl sites for hydroxylation is 1. The summed E-state index contributed by atoms with van der Waals surface area (Å²) < 4.78 is 5.82. The maximum absolute atomic E-state index is 6.01.